The highest BCUT2D eigenvalue weighted by Gasteiger charge is 2.27. The molecular formula is C21H35N7O3. The van der Waals surface area contributed by atoms with Crippen molar-refractivity contribution in [3.05, 3.63) is 35.9 Å². The molecule has 0 saturated carbocycles. The smallest absolute Gasteiger partial charge is 0.243 e. The number of carbonyl (C=O) groups is 3. The molecule has 0 bridgehead atoms. The number of rotatable bonds is 13. The van der Waals surface area contributed by atoms with Gasteiger partial charge in [-0.15, -0.1) is 0 Å². The van der Waals surface area contributed by atoms with Crippen molar-refractivity contribution >= 4 is 23.7 Å². The summed E-state index contributed by atoms with van der Waals surface area (Å²) in [6, 6.07) is 6.61. The summed E-state index contributed by atoms with van der Waals surface area (Å²) in [7, 11) is 0. The quantitative estimate of drug-likeness (QED) is 0.133. The van der Waals surface area contributed by atoms with E-state index in [4.69, 9.17) is 22.9 Å². The van der Waals surface area contributed by atoms with E-state index in [0.29, 0.717) is 19.4 Å². The number of hydrogen-bond donors (Lipinski definition) is 6. The van der Waals surface area contributed by atoms with Crippen molar-refractivity contribution in [2.75, 3.05) is 6.54 Å². The van der Waals surface area contributed by atoms with Crippen LogP contribution in [-0.2, 0) is 20.8 Å². The largest absolute Gasteiger partial charge is 0.370 e. The highest BCUT2D eigenvalue weighted by atomic mass is 16.2. The predicted octanol–water partition coefficient (Wildman–Crippen LogP) is -0.889. The van der Waals surface area contributed by atoms with E-state index in [1.165, 1.54) is 0 Å². The number of nitrogens with zero attached hydrogens (tertiary/aromatic N) is 1. The standard InChI is InChI=1S/C21H35N7O3/c1-13(2)11-15(22)19(30)27-16(9-6-10-26-21(24)25)20(31)28-17(18(23)29)12-14-7-4-3-5-8-14/h3-5,7-8,13,15-17H,6,9-12,22H2,1-2H3,(H2,23,29)(H,27,30)(H,28,31)(H4,24,25,26)/t15-,16-,17-/m0/s1. The third-order valence-corrected chi connectivity index (χ3v) is 4.58. The summed E-state index contributed by atoms with van der Waals surface area (Å²) < 4.78 is 0. The van der Waals surface area contributed by atoms with Gasteiger partial charge in [0.2, 0.25) is 17.7 Å². The lowest BCUT2D eigenvalue weighted by molar-refractivity contribution is -0.132. The van der Waals surface area contributed by atoms with Gasteiger partial charge in [-0.2, -0.15) is 0 Å². The Balaban J connectivity index is 2.86. The molecule has 0 heterocycles. The number of benzene rings is 1. The number of primary amides is 1. The third kappa shape index (κ3) is 10.4. The lowest BCUT2D eigenvalue weighted by atomic mass is 10.0. The summed E-state index contributed by atoms with van der Waals surface area (Å²) in [5, 5.41) is 5.32. The van der Waals surface area contributed by atoms with Crippen LogP contribution in [0.25, 0.3) is 0 Å². The molecule has 3 atom stereocenters. The van der Waals surface area contributed by atoms with Gasteiger partial charge in [-0.25, -0.2) is 0 Å². The van der Waals surface area contributed by atoms with E-state index in [-0.39, 0.29) is 24.7 Å². The van der Waals surface area contributed by atoms with Crippen molar-refractivity contribution < 1.29 is 14.4 Å². The molecule has 0 aliphatic rings. The molecule has 0 radical (unpaired) electrons. The molecule has 1 rings (SSSR count). The van der Waals surface area contributed by atoms with Gasteiger partial charge in [0, 0.05) is 13.0 Å². The molecule has 10 nitrogen and oxygen atoms in total. The lowest BCUT2D eigenvalue weighted by Gasteiger charge is -2.23. The van der Waals surface area contributed by atoms with Gasteiger partial charge in [0.1, 0.15) is 12.1 Å². The Morgan fingerprint density at radius 2 is 1.58 bits per heavy atom. The fraction of sp³-hybridized carbons (Fsp3) is 0.524. The highest BCUT2D eigenvalue weighted by Crippen LogP contribution is 2.07. The summed E-state index contributed by atoms with van der Waals surface area (Å²) in [5.41, 5.74) is 22.9. The first-order chi connectivity index (χ1) is 14.6. The zero-order valence-electron chi connectivity index (χ0n) is 18.2. The van der Waals surface area contributed by atoms with Gasteiger partial charge >= 0.3 is 0 Å². The number of nitrogens with two attached hydrogens (primary N) is 4. The van der Waals surface area contributed by atoms with Crippen LogP contribution in [-0.4, -0.2) is 48.4 Å². The van der Waals surface area contributed by atoms with Crippen LogP contribution < -0.4 is 33.6 Å². The molecule has 0 aliphatic heterocycles. The molecule has 3 amide bonds. The molecule has 0 spiro atoms. The van der Waals surface area contributed by atoms with Crippen molar-refractivity contribution in [3.8, 4) is 0 Å². The van der Waals surface area contributed by atoms with E-state index in [1.54, 1.807) is 0 Å². The lowest BCUT2D eigenvalue weighted by Crippen LogP contribution is -2.55. The maximum absolute atomic E-state index is 12.9. The maximum Gasteiger partial charge on any atom is 0.243 e. The van der Waals surface area contributed by atoms with Crippen molar-refractivity contribution in [2.24, 2.45) is 33.8 Å². The fourth-order valence-electron chi connectivity index (χ4n) is 3.01. The second-order valence-electron chi connectivity index (χ2n) is 7.90. The number of aliphatic imine (C=N–C) groups is 1. The van der Waals surface area contributed by atoms with Crippen molar-refractivity contribution in [1.82, 2.24) is 10.6 Å². The van der Waals surface area contributed by atoms with Gasteiger partial charge in [0.15, 0.2) is 5.96 Å². The maximum atomic E-state index is 12.9. The molecule has 172 valence electrons. The van der Waals surface area contributed by atoms with Crippen molar-refractivity contribution in [1.29, 1.82) is 0 Å². The van der Waals surface area contributed by atoms with Crippen LogP contribution in [0.3, 0.4) is 0 Å². The minimum Gasteiger partial charge on any atom is -0.370 e. The summed E-state index contributed by atoms with van der Waals surface area (Å²) >= 11 is 0. The van der Waals surface area contributed by atoms with Gasteiger partial charge in [0.05, 0.1) is 6.04 Å². The number of hydrogen-bond acceptors (Lipinski definition) is 5. The fourth-order valence-corrected chi connectivity index (χ4v) is 3.01. The molecule has 0 aliphatic carbocycles. The summed E-state index contributed by atoms with van der Waals surface area (Å²) in [4.78, 5) is 41.2. The van der Waals surface area contributed by atoms with Crippen LogP contribution in [0.5, 0.6) is 0 Å². The van der Waals surface area contributed by atoms with Gasteiger partial charge in [0.25, 0.3) is 0 Å². The minimum atomic E-state index is -0.920. The van der Waals surface area contributed by atoms with Gasteiger partial charge in [-0.1, -0.05) is 44.2 Å². The normalized spacial score (nSPS) is 13.7. The minimum absolute atomic E-state index is 0.0550. The summed E-state index contributed by atoms with van der Waals surface area (Å²) in [6.45, 7) is 4.20. The molecular weight excluding hydrogens is 398 g/mol. The molecule has 0 fully saturated rings. The zero-order valence-corrected chi connectivity index (χ0v) is 18.2. The van der Waals surface area contributed by atoms with E-state index >= 15 is 0 Å². The van der Waals surface area contributed by atoms with Crippen LogP contribution in [0, 0.1) is 5.92 Å². The first kappa shape index (κ1) is 25.9. The number of guanidine groups is 1. The van der Waals surface area contributed by atoms with Crippen LogP contribution >= 0.6 is 0 Å². The van der Waals surface area contributed by atoms with E-state index in [9.17, 15) is 14.4 Å². The molecule has 0 unspecified atom stereocenters. The van der Waals surface area contributed by atoms with E-state index in [2.05, 4.69) is 15.6 Å². The van der Waals surface area contributed by atoms with Gasteiger partial charge < -0.3 is 33.6 Å². The zero-order chi connectivity index (χ0) is 23.4. The molecule has 0 aromatic heterocycles. The van der Waals surface area contributed by atoms with Gasteiger partial charge in [-0.05, 0) is 30.7 Å². The third-order valence-electron chi connectivity index (χ3n) is 4.58. The monoisotopic (exact) mass is 433 g/mol. The second-order valence-corrected chi connectivity index (χ2v) is 7.90. The van der Waals surface area contributed by atoms with Crippen LogP contribution in [0.1, 0.15) is 38.7 Å². The van der Waals surface area contributed by atoms with E-state index in [0.717, 1.165) is 5.56 Å². The van der Waals surface area contributed by atoms with E-state index < -0.39 is 35.8 Å². The average molecular weight is 434 g/mol. The molecule has 1 aromatic carbocycles. The Kier molecular flexibility index (Phi) is 11.0. The summed E-state index contributed by atoms with van der Waals surface area (Å²) in [6.07, 6.45) is 1.42. The second kappa shape index (κ2) is 13.2. The molecule has 10 N–H and O–H groups in total. The average Bonchev–Trinajstić information content (AvgIpc) is 2.69. The topological polar surface area (TPSA) is 192 Å². The number of carbonyl (C=O) groups excluding carboxylic acids is 3. The Morgan fingerprint density at radius 3 is 2.13 bits per heavy atom. The van der Waals surface area contributed by atoms with Crippen LogP contribution in [0.15, 0.2) is 35.3 Å². The number of nitrogens with one attached hydrogen (secondary N) is 2. The first-order valence-corrected chi connectivity index (χ1v) is 10.3. The van der Waals surface area contributed by atoms with E-state index in [1.807, 2.05) is 44.2 Å². The highest BCUT2D eigenvalue weighted by molar-refractivity contribution is 5.92. The molecule has 10 heteroatoms. The van der Waals surface area contributed by atoms with Gasteiger partial charge in [-0.3, -0.25) is 19.4 Å². The van der Waals surface area contributed by atoms with Crippen LogP contribution in [0.4, 0.5) is 0 Å². The SMILES string of the molecule is CC(C)C[C@H](N)C(=O)N[C@@H](CCCN=C(N)N)C(=O)N[C@@H](Cc1ccccc1)C(N)=O. The Labute approximate surface area is 183 Å². The van der Waals surface area contributed by atoms with Crippen LogP contribution in [0.2, 0.25) is 0 Å². The Morgan fingerprint density at radius 1 is 0.968 bits per heavy atom. The van der Waals surface area contributed by atoms with Crippen molar-refractivity contribution in [2.45, 2.75) is 57.7 Å². The Hall–Kier alpha value is -3.14. The molecule has 0 saturated heterocycles. The number of amides is 3. The molecule has 1 aromatic rings. The van der Waals surface area contributed by atoms with Crippen molar-refractivity contribution in [3.63, 3.8) is 0 Å². The first-order valence-electron chi connectivity index (χ1n) is 10.3. The molecule has 31 heavy (non-hydrogen) atoms. The predicted molar refractivity (Wildman–Crippen MR) is 121 cm³/mol. The summed E-state index contributed by atoms with van der Waals surface area (Å²) in [5.74, 6) is -1.45. The Bertz CT molecular complexity index is 749.